The molecule has 0 radical (unpaired) electrons. The molecule has 6 nitrogen and oxygen atoms in total. The summed E-state index contributed by atoms with van der Waals surface area (Å²) in [4.78, 5) is 16.0. The van der Waals surface area contributed by atoms with Crippen LogP contribution in [0.3, 0.4) is 0 Å². The maximum atomic E-state index is 11.6. The molecule has 0 aliphatic rings. The number of hydrogen-bond donors (Lipinski definition) is 2. The molecule has 0 amide bonds. The molecule has 0 fully saturated rings. The molecule has 0 saturated heterocycles. The smallest absolute Gasteiger partial charge is 0.342 e. The fourth-order valence-electron chi connectivity index (χ4n) is 2.29. The van der Waals surface area contributed by atoms with Crippen LogP contribution in [-0.4, -0.2) is 32.9 Å². The summed E-state index contributed by atoms with van der Waals surface area (Å²) in [7, 11) is 0. The van der Waals surface area contributed by atoms with Gasteiger partial charge in [0.15, 0.2) is 5.82 Å². The maximum absolute atomic E-state index is 11.6. The second-order valence-corrected chi connectivity index (χ2v) is 7.36. The van der Waals surface area contributed by atoms with Crippen molar-refractivity contribution in [2.45, 2.75) is 12.1 Å². The van der Waals surface area contributed by atoms with E-state index in [2.05, 4.69) is 15.2 Å². The van der Waals surface area contributed by atoms with E-state index in [1.54, 1.807) is 42.5 Å². The van der Waals surface area contributed by atoms with Gasteiger partial charge in [0, 0.05) is 10.6 Å². The van der Waals surface area contributed by atoms with Crippen molar-refractivity contribution < 1.29 is 14.6 Å². The second-order valence-electron chi connectivity index (χ2n) is 5.51. The Morgan fingerprint density at radius 2 is 2.00 bits per heavy atom. The van der Waals surface area contributed by atoms with Gasteiger partial charge in [-0.1, -0.05) is 29.3 Å². The van der Waals surface area contributed by atoms with E-state index in [9.17, 15) is 9.90 Å². The second kappa shape index (κ2) is 9.14. The lowest BCUT2D eigenvalue weighted by Gasteiger charge is -2.06. The highest BCUT2D eigenvalue weighted by molar-refractivity contribution is 8.04. The first-order chi connectivity index (χ1) is 13.5. The summed E-state index contributed by atoms with van der Waals surface area (Å²) in [5.41, 5.74) is 1.43. The minimum Gasteiger partial charge on any atom is -0.492 e. The lowest BCUT2D eigenvalue weighted by molar-refractivity contribution is -0.131. The molecule has 144 valence electrons. The molecular formula is C19H15Cl2N3O3S. The fourth-order valence-corrected chi connectivity index (χ4v) is 3.37. The zero-order chi connectivity index (χ0) is 20.1. The van der Waals surface area contributed by atoms with E-state index in [0.29, 0.717) is 33.8 Å². The molecule has 2 aromatic carbocycles. The molecule has 0 spiro atoms. The summed E-state index contributed by atoms with van der Waals surface area (Å²) in [5, 5.41) is 17.7. The highest BCUT2D eigenvalue weighted by Gasteiger charge is 2.15. The van der Waals surface area contributed by atoms with E-state index in [4.69, 9.17) is 27.9 Å². The van der Waals surface area contributed by atoms with Gasteiger partial charge in [0.1, 0.15) is 10.7 Å². The number of H-pyrrole nitrogens is 1. The van der Waals surface area contributed by atoms with Crippen molar-refractivity contribution in [3.63, 3.8) is 0 Å². The van der Waals surface area contributed by atoms with Crippen LogP contribution in [0.1, 0.15) is 12.5 Å². The Morgan fingerprint density at radius 1 is 1.25 bits per heavy atom. The maximum Gasteiger partial charge on any atom is 0.342 e. The average molecular weight is 436 g/mol. The summed E-state index contributed by atoms with van der Waals surface area (Å²) < 4.78 is 5.39. The third-order valence-corrected chi connectivity index (χ3v) is 4.97. The SMILES string of the molecule is CCOc1ccc(/C=C(\Sc2n[nH]c(-c3ccc(Cl)cc3)n2)C(=O)O)cc1Cl. The first-order valence-electron chi connectivity index (χ1n) is 8.20. The summed E-state index contributed by atoms with van der Waals surface area (Å²) in [5.74, 6) is -0.0201. The Balaban J connectivity index is 1.82. The molecule has 3 aromatic rings. The molecule has 0 bridgehead atoms. The molecule has 2 N–H and O–H groups in total. The van der Waals surface area contributed by atoms with Gasteiger partial charge < -0.3 is 9.84 Å². The molecule has 0 aliphatic carbocycles. The minimum absolute atomic E-state index is 0.0573. The largest absolute Gasteiger partial charge is 0.492 e. The predicted molar refractivity (Wildman–Crippen MR) is 111 cm³/mol. The Morgan fingerprint density at radius 3 is 2.64 bits per heavy atom. The van der Waals surface area contributed by atoms with E-state index in [1.807, 2.05) is 6.92 Å². The highest BCUT2D eigenvalue weighted by Crippen LogP contribution is 2.30. The van der Waals surface area contributed by atoms with E-state index in [1.165, 1.54) is 6.08 Å². The Kier molecular flexibility index (Phi) is 6.61. The molecule has 9 heteroatoms. The van der Waals surface area contributed by atoms with Crippen molar-refractivity contribution in [1.82, 2.24) is 15.2 Å². The highest BCUT2D eigenvalue weighted by atomic mass is 35.5. The van der Waals surface area contributed by atoms with Gasteiger partial charge in [0.05, 0.1) is 11.6 Å². The summed E-state index contributed by atoms with van der Waals surface area (Å²) in [6, 6.07) is 12.2. The van der Waals surface area contributed by atoms with Gasteiger partial charge in [-0.25, -0.2) is 9.78 Å². The lowest BCUT2D eigenvalue weighted by Crippen LogP contribution is -1.97. The number of ether oxygens (including phenoxy) is 1. The van der Waals surface area contributed by atoms with Crippen molar-refractivity contribution in [1.29, 1.82) is 0 Å². The van der Waals surface area contributed by atoms with Crippen LogP contribution >= 0.6 is 35.0 Å². The number of hydrogen-bond acceptors (Lipinski definition) is 5. The van der Waals surface area contributed by atoms with Crippen LogP contribution in [0.15, 0.2) is 52.5 Å². The van der Waals surface area contributed by atoms with Crippen LogP contribution in [0.4, 0.5) is 0 Å². The molecule has 28 heavy (non-hydrogen) atoms. The molecule has 1 heterocycles. The van der Waals surface area contributed by atoms with Crippen molar-refractivity contribution in [3.05, 3.63) is 63.0 Å². The van der Waals surface area contributed by atoms with E-state index in [0.717, 1.165) is 17.3 Å². The molecule has 0 aliphatic heterocycles. The number of thioether (sulfide) groups is 1. The summed E-state index contributed by atoms with van der Waals surface area (Å²) in [6.45, 7) is 2.35. The van der Waals surface area contributed by atoms with Gasteiger partial charge in [0.25, 0.3) is 0 Å². The van der Waals surface area contributed by atoms with Gasteiger partial charge in [-0.2, -0.15) is 0 Å². The number of carbonyl (C=O) groups is 1. The fraction of sp³-hybridized carbons (Fsp3) is 0.105. The predicted octanol–water partition coefficient (Wildman–Crippen LogP) is 5.40. The number of aliphatic carboxylic acids is 1. The molecule has 0 saturated carbocycles. The van der Waals surface area contributed by atoms with Crippen LogP contribution in [0, 0.1) is 0 Å². The monoisotopic (exact) mass is 435 g/mol. The van der Waals surface area contributed by atoms with E-state index >= 15 is 0 Å². The van der Waals surface area contributed by atoms with Crippen LogP contribution in [0.2, 0.25) is 10.0 Å². The van der Waals surface area contributed by atoms with Crippen molar-refractivity contribution in [2.24, 2.45) is 0 Å². The van der Waals surface area contributed by atoms with Gasteiger partial charge in [-0.05, 0) is 66.7 Å². The van der Waals surface area contributed by atoms with E-state index < -0.39 is 5.97 Å². The Bertz CT molecular complexity index is 1020. The van der Waals surface area contributed by atoms with Gasteiger partial charge >= 0.3 is 5.97 Å². The molecule has 0 atom stereocenters. The zero-order valence-corrected chi connectivity index (χ0v) is 17.0. The number of rotatable bonds is 7. The van der Waals surface area contributed by atoms with Crippen LogP contribution in [0.5, 0.6) is 5.75 Å². The topological polar surface area (TPSA) is 88.1 Å². The van der Waals surface area contributed by atoms with Gasteiger partial charge in [0.2, 0.25) is 5.16 Å². The number of aromatic nitrogens is 3. The number of halogens is 2. The minimum atomic E-state index is -1.09. The number of nitrogens with one attached hydrogen (secondary N) is 1. The van der Waals surface area contributed by atoms with Crippen molar-refractivity contribution in [3.8, 4) is 17.1 Å². The van der Waals surface area contributed by atoms with Gasteiger partial charge in [-0.15, -0.1) is 5.10 Å². The number of carboxylic acid groups (broad SMARTS) is 1. The standard InChI is InChI=1S/C19H15Cl2N3O3S/c1-2-27-15-8-3-11(9-14(15)21)10-16(18(25)26)28-19-22-17(23-24-19)12-4-6-13(20)7-5-12/h3-10H,2H2,1H3,(H,25,26)(H,22,23,24)/b16-10-. The Labute approximate surface area is 175 Å². The van der Waals surface area contributed by atoms with Crippen LogP contribution in [0.25, 0.3) is 17.5 Å². The average Bonchev–Trinajstić information content (AvgIpc) is 3.12. The number of aromatic amines is 1. The van der Waals surface area contributed by atoms with Crippen molar-refractivity contribution >= 4 is 47.0 Å². The first kappa shape index (κ1) is 20.3. The quantitative estimate of drug-likeness (QED) is 0.381. The molecule has 3 rings (SSSR count). The van der Waals surface area contributed by atoms with E-state index in [-0.39, 0.29) is 10.1 Å². The Hall–Kier alpha value is -2.48. The van der Waals surface area contributed by atoms with Crippen molar-refractivity contribution in [2.75, 3.05) is 6.61 Å². The molecule has 1 aromatic heterocycles. The van der Waals surface area contributed by atoms with Gasteiger partial charge in [-0.3, -0.25) is 5.10 Å². The normalized spacial score (nSPS) is 11.5. The lowest BCUT2D eigenvalue weighted by atomic mass is 10.2. The summed E-state index contributed by atoms with van der Waals surface area (Å²) >= 11 is 13.0. The first-order valence-corrected chi connectivity index (χ1v) is 9.77. The number of carboxylic acids is 1. The molecular weight excluding hydrogens is 421 g/mol. The van der Waals surface area contributed by atoms with Crippen LogP contribution < -0.4 is 4.74 Å². The van der Waals surface area contributed by atoms with Crippen LogP contribution in [-0.2, 0) is 4.79 Å². The number of nitrogens with zero attached hydrogens (tertiary/aromatic N) is 2. The zero-order valence-electron chi connectivity index (χ0n) is 14.6. The molecule has 0 unspecified atom stereocenters. The summed E-state index contributed by atoms with van der Waals surface area (Å²) in [6.07, 6.45) is 1.51. The number of benzene rings is 2. The third kappa shape index (κ3) is 5.07. The third-order valence-electron chi connectivity index (χ3n) is 3.55.